The molecule has 16 heavy (non-hydrogen) atoms. The molecule has 0 saturated carbocycles. The van der Waals surface area contributed by atoms with Gasteiger partial charge in [-0.05, 0) is 25.0 Å². The molecule has 5 nitrogen and oxygen atoms in total. The van der Waals surface area contributed by atoms with Crippen LogP contribution in [0.1, 0.15) is 18.4 Å². The first-order valence-corrected chi connectivity index (χ1v) is 4.94. The summed E-state index contributed by atoms with van der Waals surface area (Å²) in [6.07, 6.45) is 2.38. The van der Waals surface area contributed by atoms with E-state index < -0.39 is 4.92 Å². The second-order valence-corrected chi connectivity index (χ2v) is 3.31. The van der Waals surface area contributed by atoms with Gasteiger partial charge in [0.15, 0.2) is 0 Å². The average Bonchev–Trinajstić information content (AvgIpc) is 2.29. The minimum absolute atomic E-state index is 0.0465. The highest BCUT2D eigenvalue weighted by Gasteiger charge is 2.14. The molecule has 0 aliphatic carbocycles. The Labute approximate surface area is 93.2 Å². The molecule has 0 spiro atoms. The van der Waals surface area contributed by atoms with Crippen LogP contribution in [0.25, 0.3) is 0 Å². The van der Waals surface area contributed by atoms with Gasteiger partial charge in [0.1, 0.15) is 12.0 Å². The fourth-order valence-electron chi connectivity index (χ4n) is 1.43. The van der Waals surface area contributed by atoms with E-state index in [4.69, 9.17) is 4.74 Å². The molecule has 5 heteroatoms. The molecule has 0 amide bonds. The Balaban J connectivity index is 2.89. The monoisotopic (exact) mass is 223 g/mol. The molecule has 1 aromatic carbocycles. The lowest BCUT2D eigenvalue weighted by Gasteiger charge is -2.04. The van der Waals surface area contributed by atoms with Crippen LogP contribution in [0.2, 0.25) is 0 Å². The SMILES string of the molecule is COc1ccc(CCCC=O)c([N+](=O)[O-])c1. The summed E-state index contributed by atoms with van der Waals surface area (Å²) in [5.74, 6) is 0.464. The van der Waals surface area contributed by atoms with E-state index >= 15 is 0 Å². The first-order chi connectivity index (χ1) is 7.69. The summed E-state index contributed by atoms with van der Waals surface area (Å²) in [4.78, 5) is 20.5. The third kappa shape index (κ3) is 3.05. The van der Waals surface area contributed by atoms with E-state index in [-0.39, 0.29) is 5.69 Å². The van der Waals surface area contributed by atoms with Crippen LogP contribution < -0.4 is 4.74 Å². The van der Waals surface area contributed by atoms with Crippen LogP contribution in [0, 0.1) is 10.1 Å². The Bertz CT molecular complexity index is 390. The van der Waals surface area contributed by atoms with Crippen LogP contribution in [0.3, 0.4) is 0 Å². The van der Waals surface area contributed by atoms with E-state index in [1.807, 2.05) is 0 Å². The van der Waals surface area contributed by atoms with E-state index in [0.717, 1.165) is 6.29 Å². The summed E-state index contributed by atoms with van der Waals surface area (Å²) in [6.45, 7) is 0. The van der Waals surface area contributed by atoms with Crippen LogP contribution in [0.15, 0.2) is 18.2 Å². The summed E-state index contributed by atoms with van der Waals surface area (Å²) in [7, 11) is 1.46. The van der Waals surface area contributed by atoms with Gasteiger partial charge in [-0.1, -0.05) is 0 Å². The van der Waals surface area contributed by atoms with Crippen molar-refractivity contribution >= 4 is 12.0 Å². The van der Waals surface area contributed by atoms with Crippen LogP contribution in [0.4, 0.5) is 5.69 Å². The Hall–Kier alpha value is -1.91. The summed E-state index contributed by atoms with van der Waals surface area (Å²) in [5, 5.41) is 10.8. The number of nitro benzene ring substituents is 1. The Morgan fingerprint density at radius 3 is 2.81 bits per heavy atom. The number of aryl methyl sites for hydroxylation is 1. The normalized spacial score (nSPS) is 9.81. The number of carbonyl (C=O) groups excluding carboxylic acids is 1. The largest absolute Gasteiger partial charge is 0.497 e. The number of ether oxygens (including phenoxy) is 1. The van der Waals surface area contributed by atoms with Crippen molar-refractivity contribution in [3.05, 3.63) is 33.9 Å². The van der Waals surface area contributed by atoms with Crippen molar-refractivity contribution in [2.24, 2.45) is 0 Å². The first-order valence-electron chi connectivity index (χ1n) is 4.94. The lowest BCUT2D eigenvalue weighted by atomic mass is 10.1. The molecule has 0 saturated heterocycles. The molecule has 0 aliphatic heterocycles. The molecule has 0 heterocycles. The number of unbranched alkanes of at least 4 members (excludes halogenated alkanes) is 1. The van der Waals surface area contributed by atoms with Crippen molar-refractivity contribution in [1.82, 2.24) is 0 Å². The van der Waals surface area contributed by atoms with E-state index in [1.54, 1.807) is 12.1 Å². The Morgan fingerprint density at radius 2 is 2.25 bits per heavy atom. The number of nitro groups is 1. The number of aldehydes is 1. The van der Waals surface area contributed by atoms with Crippen LogP contribution in [-0.2, 0) is 11.2 Å². The number of hydrogen-bond donors (Lipinski definition) is 0. The quantitative estimate of drug-likeness (QED) is 0.320. The van der Waals surface area contributed by atoms with Gasteiger partial charge in [-0.15, -0.1) is 0 Å². The number of hydrogen-bond acceptors (Lipinski definition) is 4. The van der Waals surface area contributed by atoms with Gasteiger partial charge in [-0.25, -0.2) is 0 Å². The smallest absolute Gasteiger partial charge is 0.276 e. The van der Waals surface area contributed by atoms with Gasteiger partial charge in [-0.3, -0.25) is 10.1 Å². The molecule has 0 fully saturated rings. The predicted molar refractivity (Wildman–Crippen MR) is 58.7 cm³/mol. The van der Waals surface area contributed by atoms with Crippen molar-refractivity contribution in [1.29, 1.82) is 0 Å². The Morgan fingerprint density at radius 1 is 1.50 bits per heavy atom. The van der Waals surface area contributed by atoms with Crippen LogP contribution in [-0.4, -0.2) is 18.3 Å². The molecule has 0 aromatic heterocycles. The van der Waals surface area contributed by atoms with Gasteiger partial charge in [0, 0.05) is 12.0 Å². The van der Waals surface area contributed by atoms with Crippen molar-refractivity contribution in [2.75, 3.05) is 7.11 Å². The van der Waals surface area contributed by atoms with E-state index in [1.165, 1.54) is 13.2 Å². The first kappa shape index (κ1) is 12.2. The zero-order valence-corrected chi connectivity index (χ0v) is 9.01. The number of benzene rings is 1. The highest BCUT2D eigenvalue weighted by molar-refractivity contribution is 5.50. The van der Waals surface area contributed by atoms with Gasteiger partial charge in [0.25, 0.3) is 5.69 Å². The number of methoxy groups -OCH3 is 1. The van der Waals surface area contributed by atoms with Gasteiger partial charge < -0.3 is 9.53 Å². The summed E-state index contributed by atoms with van der Waals surface area (Å²) >= 11 is 0. The molecule has 0 N–H and O–H groups in total. The fourth-order valence-corrected chi connectivity index (χ4v) is 1.43. The maximum Gasteiger partial charge on any atom is 0.276 e. The van der Waals surface area contributed by atoms with Gasteiger partial charge in [0.2, 0.25) is 0 Å². The maximum absolute atomic E-state index is 10.8. The lowest BCUT2D eigenvalue weighted by Crippen LogP contribution is -1.97. The molecule has 1 rings (SSSR count). The average molecular weight is 223 g/mol. The summed E-state index contributed by atoms with van der Waals surface area (Å²) in [5.41, 5.74) is 0.679. The molecule has 1 aromatic rings. The van der Waals surface area contributed by atoms with Gasteiger partial charge in [0.05, 0.1) is 18.1 Å². The van der Waals surface area contributed by atoms with Crippen molar-refractivity contribution in [3.63, 3.8) is 0 Å². The zero-order valence-electron chi connectivity index (χ0n) is 9.01. The van der Waals surface area contributed by atoms with Gasteiger partial charge >= 0.3 is 0 Å². The number of rotatable bonds is 6. The van der Waals surface area contributed by atoms with E-state index in [2.05, 4.69) is 0 Å². The highest BCUT2D eigenvalue weighted by Crippen LogP contribution is 2.25. The van der Waals surface area contributed by atoms with Crippen molar-refractivity contribution in [2.45, 2.75) is 19.3 Å². The third-order valence-electron chi connectivity index (χ3n) is 2.26. The third-order valence-corrected chi connectivity index (χ3v) is 2.26. The molecular weight excluding hydrogens is 210 g/mol. The van der Waals surface area contributed by atoms with Crippen LogP contribution >= 0.6 is 0 Å². The molecule has 0 unspecified atom stereocenters. The van der Waals surface area contributed by atoms with Crippen molar-refractivity contribution in [3.8, 4) is 5.75 Å². The molecule has 0 atom stereocenters. The molecule has 0 bridgehead atoms. The number of carbonyl (C=O) groups is 1. The molecule has 0 radical (unpaired) electrons. The van der Waals surface area contributed by atoms with E-state index in [0.29, 0.717) is 30.6 Å². The zero-order chi connectivity index (χ0) is 12.0. The van der Waals surface area contributed by atoms with Crippen molar-refractivity contribution < 1.29 is 14.5 Å². The second kappa shape index (κ2) is 5.85. The summed E-state index contributed by atoms with van der Waals surface area (Å²) in [6, 6.07) is 4.75. The summed E-state index contributed by atoms with van der Waals surface area (Å²) < 4.78 is 4.93. The molecular formula is C11H13NO4. The predicted octanol–water partition coefficient (Wildman–Crippen LogP) is 2.12. The number of nitrogens with zero attached hydrogens (tertiary/aromatic N) is 1. The molecule has 0 aliphatic rings. The topological polar surface area (TPSA) is 69.4 Å². The van der Waals surface area contributed by atoms with Crippen LogP contribution in [0.5, 0.6) is 5.75 Å². The fraction of sp³-hybridized carbons (Fsp3) is 0.364. The standard InChI is InChI=1S/C11H13NO4/c1-16-10-6-5-9(4-2-3-7-13)11(8-10)12(14)15/h5-8H,2-4H2,1H3. The van der Waals surface area contributed by atoms with Gasteiger partial charge in [-0.2, -0.15) is 0 Å². The minimum atomic E-state index is -0.432. The lowest BCUT2D eigenvalue weighted by molar-refractivity contribution is -0.385. The molecule has 86 valence electrons. The second-order valence-electron chi connectivity index (χ2n) is 3.31. The minimum Gasteiger partial charge on any atom is -0.497 e. The maximum atomic E-state index is 10.8. The van der Waals surface area contributed by atoms with E-state index in [9.17, 15) is 14.9 Å². The Kier molecular flexibility index (Phi) is 4.44. The highest BCUT2D eigenvalue weighted by atomic mass is 16.6.